The number of fused-ring (bicyclic) bond motifs is 1. The van der Waals surface area contributed by atoms with Crippen molar-refractivity contribution in [1.29, 1.82) is 5.26 Å². The van der Waals surface area contributed by atoms with Gasteiger partial charge in [-0.05, 0) is 86.7 Å². The Morgan fingerprint density at radius 2 is 1.97 bits per heavy atom. The van der Waals surface area contributed by atoms with Crippen molar-refractivity contribution in [2.75, 3.05) is 0 Å². The number of aryl methyl sites for hydroxylation is 2. The first kappa shape index (κ1) is 20.8. The van der Waals surface area contributed by atoms with Crippen LogP contribution in [0.1, 0.15) is 45.8 Å². The van der Waals surface area contributed by atoms with Crippen LogP contribution in [0.4, 0.5) is 5.69 Å². The van der Waals surface area contributed by atoms with E-state index in [1.165, 1.54) is 28.6 Å². The number of benzene rings is 1. The van der Waals surface area contributed by atoms with E-state index in [2.05, 4.69) is 40.9 Å². The monoisotopic (exact) mass is 458 g/mol. The number of amides is 1. The van der Waals surface area contributed by atoms with Crippen molar-refractivity contribution in [2.45, 2.75) is 39.5 Å². The molecule has 1 fully saturated rings. The van der Waals surface area contributed by atoms with Crippen molar-refractivity contribution in [3.05, 3.63) is 74.3 Å². The van der Waals surface area contributed by atoms with Crippen LogP contribution in [-0.2, 0) is 17.6 Å². The third-order valence-corrected chi connectivity index (χ3v) is 8.05. The zero-order chi connectivity index (χ0) is 22.2. The van der Waals surface area contributed by atoms with E-state index in [0.29, 0.717) is 10.1 Å². The summed E-state index contributed by atoms with van der Waals surface area (Å²) in [6.07, 6.45) is 6.32. The second-order valence-corrected chi connectivity index (χ2v) is 10.1. The van der Waals surface area contributed by atoms with Gasteiger partial charge in [-0.15, -0.1) is 11.3 Å². The summed E-state index contributed by atoms with van der Waals surface area (Å²) >= 11 is 3.09. The molecule has 2 aromatic heterocycles. The highest BCUT2D eigenvalue weighted by molar-refractivity contribution is 8.18. The average molecular weight is 459 g/mol. The van der Waals surface area contributed by atoms with Gasteiger partial charge in [-0.3, -0.25) is 4.79 Å². The van der Waals surface area contributed by atoms with Gasteiger partial charge in [0.25, 0.3) is 5.91 Å². The predicted octanol–water partition coefficient (Wildman–Crippen LogP) is 5.80. The van der Waals surface area contributed by atoms with E-state index < -0.39 is 0 Å². The molecule has 7 heteroatoms. The summed E-state index contributed by atoms with van der Waals surface area (Å²) < 4.78 is 2.17. The van der Waals surface area contributed by atoms with E-state index in [-0.39, 0.29) is 5.91 Å². The van der Waals surface area contributed by atoms with Crippen molar-refractivity contribution >= 4 is 45.9 Å². The zero-order valence-electron chi connectivity index (χ0n) is 17.9. The molecule has 1 amide bonds. The molecule has 0 spiro atoms. The molecule has 1 saturated heterocycles. The van der Waals surface area contributed by atoms with Crippen LogP contribution in [0.25, 0.3) is 11.1 Å². The SMILES string of the molecule is Cc1cc(/C=C2\SC(=Nc3ccccc3)NC2=O)c(C)n1-c1sc2c(c1C#N)CCCC2. The molecule has 0 unspecified atom stereocenters. The molecule has 3 heterocycles. The van der Waals surface area contributed by atoms with Crippen LogP contribution in [0.3, 0.4) is 0 Å². The third kappa shape index (κ3) is 3.70. The molecule has 5 rings (SSSR count). The van der Waals surface area contributed by atoms with Gasteiger partial charge in [0.2, 0.25) is 0 Å². The van der Waals surface area contributed by atoms with Crippen molar-refractivity contribution in [3.63, 3.8) is 0 Å². The van der Waals surface area contributed by atoms with Gasteiger partial charge in [0.1, 0.15) is 11.1 Å². The Labute approximate surface area is 195 Å². The smallest absolute Gasteiger partial charge is 0.264 e. The molecule has 0 saturated carbocycles. The predicted molar refractivity (Wildman–Crippen MR) is 132 cm³/mol. The standard InChI is InChI=1S/C25H22N4OS2/c1-15-12-17(13-22-23(30)28-25(32-22)27-18-8-4-3-5-9-18)16(2)29(15)24-20(14-26)19-10-6-7-11-21(19)31-24/h3-5,8-9,12-13H,6-7,10-11H2,1-2H3,(H,27,28,30)/b22-13-. The number of amidine groups is 1. The summed E-state index contributed by atoms with van der Waals surface area (Å²) in [5.41, 5.74) is 5.93. The van der Waals surface area contributed by atoms with Crippen LogP contribution in [0.15, 0.2) is 46.3 Å². The summed E-state index contributed by atoms with van der Waals surface area (Å²) in [5, 5.41) is 14.3. The number of carbonyl (C=O) groups excluding carboxylic acids is 1. The first-order valence-electron chi connectivity index (χ1n) is 10.6. The van der Waals surface area contributed by atoms with Crippen LogP contribution in [-0.4, -0.2) is 15.6 Å². The molecule has 1 N–H and O–H groups in total. The fraction of sp³-hybridized carbons (Fsp3) is 0.240. The molecule has 1 aliphatic heterocycles. The Bertz CT molecular complexity index is 1320. The molecule has 0 bridgehead atoms. The van der Waals surface area contributed by atoms with Crippen LogP contribution >= 0.6 is 23.1 Å². The Balaban J connectivity index is 1.50. The summed E-state index contributed by atoms with van der Waals surface area (Å²) in [4.78, 5) is 19.0. The van der Waals surface area contributed by atoms with Gasteiger partial charge in [0.15, 0.2) is 5.17 Å². The minimum Gasteiger partial charge on any atom is -0.308 e. The summed E-state index contributed by atoms with van der Waals surface area (Å²) in [5.74, 6) is -0.140. The van der Waals surface area contributed by atoms with Crippen molar-refractivity contribution in [1.82, 2.24) is 9.88 Å². The molecule has 32 heavy (non-hydrogen) atoms. The minimum absolute atomic E-state index is 0.140. The number of rotatable bonds is 3. The number of hydrogen-bond acceptors (Lipinski definition) is 5. The number of aliphatic imine (C=N–C) groups is 1. The zero-order valence-corrected chi connectivity index (χ0v) is 19.6. The fourth-order valence-electron chi connectivity index (χ4n) is 4.31. The molecular formula is C25H22N4OS2. The number of nitrogens with one attached hydrogen (secondary N) is 1. The van der Waals surface area contributed by atoms with Crippen molar-refractivity contribution < 1.29 is 4.79 Å². The molecule has 2 aliphatic rings. The van der Waals surface area contributed by atoms with E-state index in [1.807, 2.05) is 36.4 Å². The summed E-state index contributed by atoms with van der Waals surface area (Å²) in [6, 6.07) is 14.1. The van der Waals surface area contributed by atoms with Gasteiger partial charge in [0, 0.05) is 16.3 Å². The second kappa shape index (κ2) is 8.45. The van der Waals surface area contributed by atoms with Gasteiger partial charge in [-0.1, -0.05) is 18.2 Å². The molecule has 0 radical (unpaired) electrons. The minimum atomic E-state index is -0.140. The van der Waals surface area contributed by atoms with Crippen LogP contribution < -0.4 is 5.32 Å². The number of carbonyl (C=O) groups is 1. The normalized spacial score (nSPS) is 18.1. The van der Waals surface area contributed by atoms with Gasteiger partial charge < -0.3 is 9.88 Å². The largest absolute Gasteiger partial charge is 0.308 e. The Morgan fingerprint density at radius 3 is 2.75 bits per heavy atom. The quantitative estimate of drug-likeness (QED) is 0.505. The Morgan fingerprint density at radius 1 is 1.19 bits per heavy atom. The lowest BCUT2D eigenvalue weighted by Crippen LogP contribution is -2.19. The number of para-hydroxylation sites is 1. The number of nitrogens with zero attached hydrogens (tertiary/aromatic N) is 3. The lowest BCUT2D eigenvalue weighted by Gasteiger charge is -2.10. The van der Waals surface area contributed by atoms with Crippen LogP contribution in [0, 0.1) is 25.2 Å². The molecule has 3 aromatic rings. The second-order valence-electron chi connectivity index (χ2n) is 7.98. The first-order chi connectivity index (χ1) is 15.5. The van der Waals surface area contributed by atoms with E-state index in [9.17, 15) is 10.1 Å². The highest BCUT2D eigenvalue weighted by atomic mass is 32.2. The molecule has 1 aromatic carbocycles. The van der Waals surface area contributed by atoms with Gasteiger partial charge in [0.05, 0.1) is 16.2 Å². The highest BCUT2D eigenvalue weighted by Gasteiger charge is 2.26. The maximum Gasteiger partial charge on any atom is 0.264 e. The Kier molecular flexibility index (Phi) is 5.50. The molecule has 1 aliphatic carbocycles. The van der Waals surface area contributed by atoms with E-state index >= 15 is 0 Å². The molecule has 0 atom stereocenters. The van der Waals surface area contributed by atoms with Crippen molar-refractivity contribution in [3.8, 4) is 11.1 Å². The van der Waals surface area contributed by atoms with Gasteiger partial charge in [-0.2, -0.15) is 5.26 Å². The Hall–Kier alpha value is -3.08. The van der Waals surface area contributed by atoms with Crippen LogP contribution in [0.2, 0.25) is 0 Å². The van der Waals surface area contributed by atoms with E-state index in [0.717, 1.165) is 52.5 Å². The molecule has 5 nitrogen and oxygen atoms in total. The first-order valence-corrected chi connectivity index (χ1v) is 12.3. The lowest BCUT2D eigenvalue weighted by molar-refractivity contribution is -0.115. The number of aromatic nitrogens is 1. The van der Waals surface area contributed by atoms with E-state index in [1.54, 1.807) is 11.3 Å². The van der Waals surface area contributed by atoms with Gasteiger partial charge >= 0.3 is 0 Å². The highest BCUT2D eigenvalue weighted by Crippen LogP contribution is 2.39. The summed E-state index contributed by atoms with van der Waals surface area (Å²) in [7, 11) is 0. The summed E-state index contributed by atoms with van der Waals surface area (Å²) in [6.45, 7) is 4.11. The number of thiophene rings is 1. The average Bonchev–Trinajstić information content (AvgIpc) is 3.41. The van der Waals surface area contributed by atoms with Crippen molar-refractivity contribution in [2.24, 2.45) is 4.99 Å². The maximum absolute atomic E-state index is 12.6. The number of thioether (sulfide) groups is 1. The number of hydrogen-bond donors (Lipinski definition) is 1. The number of nitriles is 1. The lowest BCUT2D eigenvalue weighted by atomic mass is 9.96. The van der Waals surface area contributed by atoms with Gasteiger partial charge in [-0.25, -0.2) is 4.99 Å². The molecular weight excluding hydrogens is 436 g/mol. The molecule has 160 valence electrons. The van der Waals surface area contributed by atoms with Crippen LogP contribution in [0.5, 0.6) is 0 Å². The maximum atomic E-state index is 12.6. The third-order valence-electron chi connectivity index (χ3n) is 5.86. The topological polar surface area (TPSA) is 70.2 Å². The fourth-order valence-corrected chi connectivity index (χ4v) is 6.59. The van der Waals surface area contributed by atoms with E-state index in [4.69, 9.17) is 0 Å².